The van der Waals surface area contributed by atoms with Crippen LogP contribution in [0.2, 0.25) is 10.0 Å². The molecule has 0 aromatic heterocycles. The molecule has 0 aliphatic carbocycles. The van der Waals surface area contributed by atoms with Crippen LogP contribution in [0.4, 0.5) is 4.79 Å². The molecule has 0 radical (unpaired) electrons. The Balaban J connectivity index is 1.58. The summed E-state index contributed by atoms with van der Waals surface area (Å²) in [4.78, 5) is 30.6. The minimum Gasteiger partial charge on any atom is -0.379 e. The van der Waals surface area contributed by atoms with Crippen LogP contribution in [0, 0.1) is 0 Å². The van der Waals surface area contributed by atoms with Gasteiger partial charge in [-0.25, -0.2) is 9.80 Å². The lowest BCUT2D eigenvalue weighted by Gasteiger charge is -2.31. The van der Waals surface area contributed by atoms with Gasteiger partial charge in [-0.15, -0.1) is 0 Å². The Hall–Kier alpha value is -2.65. The molecule has 0 spiro atoms. The number of nitrogens with zero attached hydrogens (tertiary/aromatic N) is 4. The number of urea groups is 1. The van der Waals surface area contributed by atoms with Crippen LogP contribution in [0.25, 0.3) is 0 Å². The Morgan fingerprint density at radius 3 is 2.43 bits per heavy atom. The van der Waals surface area contributed by atoms with E-state index in [-0.39, 0.29) is 24.5 Å². The van der Waals surface area contributed by atoms with Gasteiger partial charge in [0, 0.05) is 54.3 Å². The van der Waals surface area contributed by atoms with Crippen molar-refractivity contribution in [2.75, 3.05) is 45.9 Å². The van der Waals surface area contributed by atoms with Crippen LogP contribution in [0.5, 0.6) is 0 Å². The van der Waals surface area contributed by atoms with Gasteiger partial charge in [0.2, 0.25) is 0 Å². The second-order valence-corrected chi connectivity index (χ2v) is 10.3. The van der Waals surface area contributed by atoms with Crippen LogP contribution in [0.1, 0.15) is 37.4 Å². The van der Waals surface area contributed by atoms with Crippen molar-refractivity contribution in [2.24, 2.45) is 5.10 Å². The molecular weight excluding hydrogens is 513 g/mol. The predicted octanol–water partition coefficient (Wildman–Crippen LogP) is 4.42. The van der Waals surface area contributed by atoms with E-state index in [0.29, 0.717) is 48.5 Å². The largest absolute Gasteiger partial charge is 0.379 e. The van der Waals surface area contributed by atoms with E-state index in [1.165, 1.54) is 5.01 Å². The number of hydrogen-bond acceptors (Lipinski definition) is 5. The Labute approximate surface area is 228 Å². The summed E-state index contributed by atoms with van der Waals surface area (Å²) in [6.07, 6.45) is 0.463. The zero-order valence-electron chi connectivity index (χ0n) is 21.2. The number of halogens is 2. The fraction of sp³-hybridized carbons (Fsp3) is 0.444. The number of hydrogen-bond donors (Lipinski definition) is 1. The maximum atomic E-state index is 13.7. The van der Waals surface area contributed by atoms with Gasteiger partial charge in [0.05, 0.1) is 25.0 Å². The first-order valence-corrected chi connectivity index (χ1v) is 13.3. The lowest BCUT2D eigenvalue weighted by molar-refractivity contribution is -0.133. The maximum absolute atomic E-state index is 13.7. The topological polar surface area (TPSA) is 77.5 Å². The van der Waals surface area contributed by atoms with Gasteiger partial charge in [0.15, 0.2) is 0 Å². The van der Waals surface area contributed by atoms with Gasteiger partial charge >= 0.3 is 6.03 Å². The minimum atomic E-state index is -0.401. The molecule has 2 aromatic carbocycles. The van der Waals surface area contributed by atoms with Crippen LogP contribution in [-0.2, 0) is 9.53 Å². The lowest BCUT2D eigenvalue weighted by Crippen LogP contribution is -2.50. The highest BCUT2D eigenvalue weighted by atomic mass is 35.5. The summed E-state index contributed by atoms with van der Waals surface area (Å²) in [7, 11) is 0. The third-order valence-electron chi connectivity index (χ3n) is 6.43. The van der Waals surface area contributed by atoms with Crippen LogP contribution >= 0.6 is 23.2 Å². The van der Waals surface area contributed by atoms with Gasteiger partial charge in [-0.05, 0) is 31.5 Å². The first-order chi connectivity index (χ1) is 17.8. The summed E-state index contributed by atoms with van der Waals surface area (Å²) in [5, 5.41) is 10.2. The molecule has 198 valence electrons. The standard InChI is InChI=1S/C27H33Cl2N5O3/c1-19(2)30-27(36)33(12-11-32-13-15-37-16-14-32)18-26(35)34-25(21-8-4-6-10-23(21)29)17-24(31-34)20-7-3-5-9-22(20)28/h3-10,19,25H,11-18H2,1-2H3,(H,30,36). The number of nitrogens with one attached hydrogen (secondary N) is 1. The molecule has 37 heavy (non-hydrogen) atoms. The molecule has 0 bridgehead atoms. The molecule has 3 amide bonds. The van der Waals surface area contributed by atoms with Crippen molar-refractivity contribution in [1.29, 1.82) is 0 Å². The minimum absolute atomic E-state index is 0.0546. The molecule has 2 aliphatic heterocycles. The highest BCUT2D eigenvalue weighted by Gasteiger charge is 2.36. The maximum Gasteiger partial charge on any atom is 0.318 e. The molecule has 1 unspecified atom stereocenters. The second kappa shape index (κ2) is 12.7. The third-order valence-corrected chi connectivity index (χ3v) is 7.10. The van der Waals surface area contributed by atoms with Crippen molar-refractivity contribution in [3.63, 3.8) is 0 Å². The Morgan fingerprint density at radius 2 is 1.76 bits per heavy atom. The van der Waals surface area contributed by atoms with Crippen molar-refractivity contribution in [3.05, 3.63) is 69.7 Å². The van der Waals surface area contributed by atoms with Crippen LogP contribution in [0.15, 0.2) is 53.6 Å². The number of carbonyl (C=O) groups excluding carboxylic acids is 2. The zero-order chi connectivity index (χ0) is 26.4. The fourth-order valence-electron chi connectivity index (χ4n) is 4.50. The molecule has 2 aliphatic rings. The third kappa shape index (κ3) is 7.02. The number of rotatable bonds is 8. The SMILES string of the molecule is CC(C)NC(=O)N(CCN1CCOCC1)CC(=O)N1N=C(c2ccccc2Cl)CC1c1ccccc1Cl. The normalized spacial score (nSPS) is 18.1. The van der Waals surface area contributed by atoms with Crippen LogP contribution < -0.4 is 5.32 Å². The molecular formula is C27H33Cl2N5O3. The summed E-state index contributed by atoms with van der Waals surface area (Å²) in [5.41, 5.74) is 2.28. The second-order valence-electron chi connectivity index (χ2n) is 9.49. The fourth-order valence-corrected chi connectivity index (χ4v) is 5.01. The molecule has 1 fully saturated rings. The van der Waals surface area contributed by atoms with E-state index in [4.69, 9.17) is 33.0 Å². The van der Waals surface area contributed by atoms with Gasteiger partial charge in [0.25, 0.3) is 5.91 Å². The van der Waals surface area contributed by atoms with Gasteiger partial charge in [-0.1, -0.05) is 59.6 Å². The van der Waals surface area contributed by atoms with E-state index in [9.17, 15) is 9.59 Å². The molecule has 8 nitrogen and oxygen atoms in total. The first-order valence-electron chi connectivity index (χ1n) is 12.6. The highest BCUT2D eigenvalue weighted by Crippen LogP contribution is 2.37. The van der Waals surface area contributed by atoms with E-state index in [2.05, 4.69) is 10.2 Å². The molecule has 10 heteroatoms. The number of ether oxygens (including phenoxy) is 1. The summed E-state index contributed by atoms with van der Waals surface area (Å²) >= 11 is 13.0. The first kappa shape index (κ1) is 27.4. The molecule has 1 saturated heterocycles. The quantitative estimate of drug-likeness (QED) is 0.532. The molecule has 0 saturated carbocycles. The summed E-state index contributed by atoms with van der Waals surface area (Å²) < 4.78 is 5.43. The summed E-state index contributed by atoms with van der Waals surface area (Å²) in [5.74, 6) is -0.284. The lowest BCUT2D eigenvalue weighted by atomic mass is 9.98. The number of morpholine rings is 1. The van der Waals surface area contributed by atoms with Gasteiger partial charge in [-0.2, -0.15) is 5.10 Å². The Morgan fingerprint density at radius 1 is 1.08 bits per heavy atom. The van der Waals surface area contributed by atoms with Gasteiger partial charge in [0.1, 0.15) is 6.54 Å². The molecule has 1 atom stereocenters. The number of hydrazone groups is 1. The van der Waals surface area contributed by atoms with Crippen molar-refractivity contribution < 1.29 is 14.3 Å². The van der Waals surface area contributed by atoms with Gasteiger partial charge < -0.3 is 15.0 Å². The van der Waals surface area contributed by atoms with Crippen molar-refractivity contribution in [1.82, 2.24) is 20.1 Å². The zero-order valence-corrected chi connectivity index (χ0v) is 22.7. The average Bonchev–Trinajstić information content (AvgIpc) is 3.32. The van der Waals surface area contributed by atoms with E-state index in [0.717, 1.165) is 24.2 Å². The van der Waals surface area contributed by atoms with Crippen molar-refractivity contribution in [2.45, 2.75) is 32.4 Å². The number of carbonyl (C=O) groups is 2. The smallest absolute Gasteiger partial charge is 0.318 e. The van der Waals surface area contributed by atoms with E-state index < -0.39 is 6.04 Å². The molecule has 2 aromatic rings. The monoisotopic (exact) mass is 545 g/mol. The number of benzene rings is 2. The van der Waals surface area contributed by atoms with Crippen LogP contribution in [0.3, 0.4) is 0 Å². The van der Waals surface area contributed by atoms with E-state index >= 15 is 0 Å². The summed E-state index contributed by atoms with van der Waals surface area (Å²) in [6, 6.07) is 14.2. The molecule has 4 rings (SSSR count). The van der Waals surface area contributed by atoms with Gasteiger partial charge in [-0.3, -0.25) is 9.69 Å². The predicted molar refractivity (Wildman–Crippen MR) is 146 cm³/mol. The van der Waals surface area contributed by atoms with Crippen LogP contribution in [-0.4, -0.2) is 84.4 Å². The van der Waals surface area contributed by atoms with Crippen molar-refractivity contribution in [3.8, 4) is 0 Å². The summed E-state index contributed by atoms with van der Waals surface area (Å²) in [6.45, 7) is 7.71. The highest BCUT2D eigenvalue weighted by molar-refractivity contribution is 6.34. The van der Waals surface area contributed by atoms with Crippen molar-refractivity contribution >= 4 is 40.9 Å². The Kier molecular flexibility index (Phi) is 9.43. The molecule has 2 heterocycles. The number of amides is 3. The Bertz CT molecular complexity index is 1140. The average molecular weight is 546 g/mol. The van der Waals surface area contributed by atoms with E-state index in [1.807, 2.05) is 50.2 Å². The van der Waals surface area contributed by atoms with E-state index in [1.54, 1.807) is 17.0 Å². The molecule has 1 N–H and O–H groups in total.